The van der Waals surface area contributed by atoms with E-state index in [1.54, 1.807) is 0 Å². The molecule has 0 aliphatic rings. The van der Waals surface area contributed by atoms with Gasteiger partial charge in [-0.2, -0.15) is 0 Å². The molecule has 0 spiro atoms. The van der Waals surface area contributed by atoms with Gasteiger partial charge in [0.05, 0.1) is 0 Å². The molecular weight excluding hydrogens is 382 g/mol. The van der Waals surface area contributed by atoms with Gasteiger partial charge in [-0.25, -0.2) is 0 Å². The molecule has 0 bridgehead atoms. The van der Waals surface area contributed by atoms with Crippen LogP contribution in [0.4, 0.5) is 11.4 Å². The highest BCUT2D eigenvalue weighted by Gasteiger charge is 2.34. The molecule has 0 aliphatic carbocycles. The van der Waals surface area contributed by atoms with Crippen LogP contribution < -0.4 is 15.1 Å². The Bertz CT molecular complexity index is 809. The fourth-order valence-electron chi connectivity index (χ4n) is 3.23. The molecule has 0 unspecified atom stereocenters. The van der Waals surface area contributed by atoms with Crippen LogP contribution in [-0.4, -0.2) is 40.3 Å². The van der Waals surface area contributed by atoms with Gasteiger partial charge in [0, 0.05) is 46.6 Å². The molecule has 0 aliphatic heterocycles. The van der Waals surface area contributed by atoms with Crippen LogP contribution >= 0.6 is 0 Å². The van der Waals surface area contributed by atoms with Crippen molar-refractivity contribution >= 4 is 11.4 Å². The fourth-order valence-corrected chi connectivity index (χ4v) is 3.23. The second-order valence-corrected chi connectivity index (χ2v) is 7.36. The molecule has 168 valence electrons. The Balaban J connectivity index is 0.00000233. The number of benzene rings is 2. The summed E-state index contributed by atoms with van der Waals surface area (Å²) in [7, 11) is 9.89. The highest BCUT2D eigenvalue weighted by Crippen LogP contribution is 2.38. The smallest absolute Gasteiger partial charge is 0.140 e. The Morgan fingerprint density at radius 2 is 1.26 bits per heavy atom. The first-order valence-corrected chi connectivity index (χ1v) is 10.8. The van der Waals surface area contributed by atoms with Crippen molar-refractivity contribution in [3.8, 4) is 0 Å². The van der Waals surface area contributed by atoms with Gasteiger partial charge in [0.1, 0.15) is 5.60 Å². The molecule has 2 rings (SSSR count). The molecule has 0 fully saturated rings. The van der Waals surface area contributed by atoms with Gasteiger partial charge in [0.25, 0.3) is 0 Å². The molecule has 0 heterocycles. The second kappa shape index (κ2) is 12.7. The number of nitrogens with one attached hydrogen (secondary N) is 1. The molecule has 2 aromatic rings. The molecule has 2 N–H and O–H groups in total. The molecule has 0 radical (unpaired) electrons. The van der Waals surface area contributed by atoms with Crippen LogP contribution in [0.25, 0.3) is 0 Å². The van der Waals surface area contributed by atoms with E-state index in [4.69, 9.17) is 0 Å². The fraction of sp³-hybridized carbons (Fsp3) is 0.333. The Hall–Kier alpha value is -2.98. The predicted molar refractivity (Wildman–Crippen MR) is 137 cm³/mol. The molecular formula is C27H39N3O. The van der Waals surface area contributed by atoms with Crippen LogP contribution in [-0.2, 0) is 5.60 Å². The molecule has 0 atom stereocenters. The first-order chi connectivity index (χ1) is 14.8. The number of anilines is 2. The lowest BCUT2D eigenvalue weighted by molar-refractivity contribution is 0.125. The minimum absolute atomic E-state index is 0.793. The number of nitrogens with zero attached hydrogens (tertiary/aromatic N) is 2. The average molecular weight is 422 g/mol. The van der Waals surface area contributed by atoms with Crippen molar-refractivity contribution in [2.24, 2.45) is 0 Å². The quantitative estimate of drug-likeness (QED) is 0.566. The molecule has 2 aromatic carbocycles. The van der Waals surface area contributed by atoms with E-state index in [1.807, 2.05) is 145 Å². The molecule has 0 saturated carbocycles. The lowest BCUT2D eigenvalue weighted by Crippen LogP contribution is -2.29. The lowest BCUT2D eigenvalue weighted by atomic mass is 9.79. The maximum atomic E-state index is 12.1. The summed E-state index contributed by atoms with van der Waals surface area (Å²) in [6.45, 7) is 5.96. The van der Waals surface area contributed by atoms with Crippen LogP contribution in [0.1, 0.15) is 31.9 Å². The molecule has 0 saturated heterocycles. The van der Waals surface area contributed by atoms with E-state index in [9.17, 15) is 5.11 Å². The van der Waals surface area contributed by atoms with Gasteiger partial charge in [0.15, 0.2) is 0 Å². The third-order valence-electron chi connectivity index (χ3n) is 4.91. The summed E-state index contributed by atoms with van der Waals surface area (Å²) in [5.74, 6) is 0. The first kappa shape index (κ1) is 26.1. The summed E-state index contributed by atoms with van der Waals surface area (Å²) in [6, 6.07) is 16.1. The van der Waals surface area contributed by atoms with E-state index in [0.29, 0.717) is 0 Å². The monoisotopic (exact) mass is 421 g/mol. The summed E-state index contributed by atoms with van der Waals surface area (Å²) in [4.78, 5) is 4.10. The number of rotatable bonds is 8. The summed E-state index contributed by atoms with van der Waals surface area (Å²) in [5, 5.41) is 15.1. The normalized spacial score (nSPS) is 12.0. The average Bonchev–Trinajstić information content (AvgIpc) is 2.79. The molecule has 31 heavy (non-hydrogen) atoms. The standard InChI is InChI=1S/C25H33N3O.C2H6/c1-7-9-20(10-8-19-26-2)25(29,21-11-15-23(16-12-21)27(3)4)22-13-17-24(18-14-22)28(5)6;1-2/h7-19,26,29H,1-6H3;1-2H3/b9-7-,19-8+,20-10+;. The highest BCUT2D eigenvalue weighted by atomic mass is 16.3. The minimum Gasteiger partial charge on any atom is -0.394 e. The summed E-state index contributed by atoms with van der Waals surface area (Å²) >= 11 is 0. The van der Waals surface area contributed by atoms with Gasteiger partial charge < -0.3 is 20.2 Å². The number of allylic oxidation sites excluding steroid dienone is 3. The number of hydrogen-bond acceptors (Lipinski definition) is 4. The minimum atomic E-state index is -1.28. The third kappa shape index (κ3) is 6.50. The Morgan fingerprint density at radius 3 is 1.58 bits per heavy atom. The zero-order valence-corrected chi connectivity index (χ0v) is 20.3. The van der Waals surface area contributed by atoms with E-state index in [0.717, 1.165) is 28.1 Å². The number of hydrogen-bond donors (Lipinski definition) is 2. The topological polar surface area (TPSA) is 38.7 Å². The van der Waals surface area contributed by atoms with Crippen LogP contribution in [0.5, 0.6) is 0 Å². The van der Waals surface area contributed by atoms with E-state index in [1.165, 1.54) is 0 Å². The summed E-state index contributed by atoms with van der Waals surface area (Å²) in [6.07, 6.45) is 9.60. The van der Waals surface area contributed by atoms with Gasteiger partial charge in [-0.15, -0.1) is 0 Å². The van der Waals surface area contributed by atoms with Crippen molar-refractivity contribution in [3.63, 3.8) is 0 Å². The van der Waals surface area contributed by atoms with Crippen LogP contribution in [0, 0.1) is 0 Å². The van der Waals surface area contributed by atoms with Crippen LogP contribution in [0.15, 0.2) is 84.6 Å². The molecule has 0 amide bonds. The van der Waals surface area contributed by atoms with Crippen molar-refractivity contribution in [1.82, 2.24) is 5.32 Å². The van der Waals surface area contributed by atoms with E-state index < -0.39 is 5.60 Å². The molecule has 4 heteroatoms. The lowest BCUT2D eigenvalue weighted by Gasteiger charge is -2.32. The Kier molecular flexibility index (Phi) is 10.6. The van der Waals surface area contributed by atoms with E-state index in [-0.39, 0.29) is 0 Å². The predicted octanol–water partition coefficient (Wildman–Crippen LogP) is 5.32. The van der Waals surface area contributed by atoms with Gasteiger partial charge in [-0.3, -0.25) is 0 Å². The third-order valence-corrected chi connectivity index (χ3v) is 4.91. The van der Waals surface area contributed by atoms with Crippen molar-refractivity contribution in [3.05, 3.63) is 95.7 Å². The van der Waals surface area contributed by atoms with Crippen molar-refractivity contribution in [2.75, 3.05) is 45.0 Å². The number of aliphatic hydroxyl groups is 1. The first-order valence-electron chi connectivity index (χ1n) is 10.8. The van der Waals surface area contributed by atoms with Crippen LogP contribution in [0.3, 0.4) is 0 Å². The van der Waals surface area contributed by atoms with Crippen molar-refractivity contribution < 1.29 is 5.11 Å². The highest BCUT2D eigenvalue weighted by molar-refractivity contribution is 5.56. The van der Waals surface area contributed by atoms with E-state index in [2.05, 4.69) is 5.32 Å². The zero-order valence-electron chi connectivity index (χ0n) is 20.3. The summed E-state index contributed by atoms with van der Waals surface area (Å²) in [5.41, 5.74) is 3.34. The van der Waals surface area contributed by atoms with Crippen LogP contribution in [0.2, 0.25) is 0 Å². The SMILES string of the molecule is CC.C\C=C/C(=C\C=C\NC)C(O)(c1ccc(N(C)C)cc1)c1ccc(N(C)C)cc1. The largest absolute Gasteiger partial charge is 0.394 e. The molecule has 4 nitrogen and oxygen atoms in total. The van der Waals surface area contributed by atoms with Crippen molar-refractivity contribution in [2.45, 2.75) is 26.4 Å². The van der Waals surface area contributed by atoms with Gasteiger partial charge >= 0.3 is 0 Å². The second-order valence-electron chi connectivity index (χ2n) is 7.36. The van der Waals surface area contributed by atoms with Gasteiger partial charge in [-0.05, 0) is 60.2 Å². The zero-order chi connectivity index (χ0) is 23.4. The maximum absolute atomic E-state index is 12.1. The molecule has 0 aromatic heterocycles. The summed E-state index contributed by atoms with van der Waals surface area (Å²) < 4.78 is 0. The van der Waals surface area contributed by atoms with Crippen molar-refractivity contribution in [1.29, 1.82) is 0 Å². The Morgan fingerprint density at radius 1 is 0.839 bits per heavy atom. The maximum Gasteiger partial charge on any atom is 0.140 e. The Labute approximate surface area is 189 Å². The van der Waals surface area contributed by atoms with Gasteiger partial charge in [-0.1, -0.05) is 56.3 Å². The van der Waals surface area contributed by atoms with E-state index >= 15 is 0 Å². The van der Waals surface area contributed by atoms with Gasteiger partial charge in [0.2, 0.25) is 0 Å².